The van der Waals surface area contributed by atoms with Crippen LogP contribution in [-0.2, 0) is 23.9 Å². The number of fused-ring (bicyclic) bond motifs is 6. The van der Waals surface area contributed by atoms with Crippen LogP contribution in [0.2, 0.25) is 0 Å². The molecular weight excluding hydrogens is 562 g/mol. The maximum atomic E-state index is 13.8. The lowest BCUT2D eigenvalue weighted by molar-refractivity contribution is -0.144. The summed E-state index contributed by atoms with van der Waals surface area (Å²) in [4.78, 5) is 45.5. The van der Waals surface area contributed by atoms with Crippen molar-refractivity contribution in [2.24, 2.45) is 11.3 Å². The van der Waals surface area contributed by atoms with Crippen LogP contribution in [0.1, 0.15) is 78.7 Å². The van der Waals surface area contributed by atoms with Gasteiger partial charge in [-0.2, -0.15) is 0 Å². The van der Waals surface area contributed by atoms with Crippen LogP contribution < -0.4 is 16.1 Å². The van der Waals surface area contributed by atoms with E-state index in [-0.39, 0.29) is 30.1 Å². The average Bonchev–Trinajstić information content (AvgIpc) is 3.75. The predicted octanol–water partition coefficient (Wildman–Crippen LogP) is 2.98. The first kappa shape index (κ1) is 32.0. The van der Waals surface area contributed by atoms with Crippen LogP contribution in [-0.4, -0.2) is 75.5 Å². The summed E-state index contributed by atoms with van der Waals surface area (Å²) in [7, 11) is 0. The Labute approximate surface area is 258 Å². The smallest absolute Gasteiger partial charge is 0.258 e. The Morgan fingerprint density at radius 1 is 1.09 bits per heavy atom. The molecule has 5 bridgehead atoms. The first-order valence-corrected chi connectivity index (χ1v) is 15.5. The van der Waals surface area contributed by atoms with Gasteiger partial charge in [-0.25, -0.2) is 5.43 Å². The minimum atomic E-state index is -1.48. The molecule has 5 rings (SSSR count). The molecule has 0 spiro atoms. The molecular formula is C33H45N5O6. The summed E-state index contributed by atoms with van der Waals surface area (Å²) in [5.41, 5.74) is 2.72. The molecule has 44 heavy (non-hydrogen) atoms. The topological polar surface area (TPSA) is 145 Å². The normalized spacial score (nSPS) is 32.9. The third kappa shape index (κ3) is 6.51. The fourth-order valence-electron chi connectivity index (χ4n) is 5.71. The van der Waals surface area contributed by atoms with Crippen LogP contribution in [0.15, 0.2) is 36.4 Å². The van der Waals surface area contributed by atoms with E-state index in [9.17, 15) is 19.5 Å². The minimum Gasteiger partial charge on any atom is -0.389 e. The third-order valence-corrected chi connectivity index (χ3v) is 9.17. The van der Waals surface area contributed by atoms with Gasteiger partial charge in [-0.15, -0.1) is 0 Å². The third-order valence-electron chi connectivity index (χ3n) is 9.17. The summed E-state index contributed by atoms with van der Waals surface area (Å²) in [5, 5.41) is 19.3. The number of aliphatic hydroxyl groups is 1. The fraction of sp³-hybridized carbons (Fsp3) is 0.576. The van der Waals surface area contributed by atoms with Gasteiger partial charge in [-0.05, 0) is 71.1 Å². The molecule has 1 aromatic carbocycles. The highest BCUT2D eigenvalue weighted by molar-refractivity contribution is 5.94. The number of carbonyl (C=O) groups excluding carboxylic acids is 3. The molecule has 3 amide bonds. The highest BCUT2D eigenvalue weighted by Crippen LogP contribution is 2.36. The molecule has 1 aromatic heterocycles. The van der Waals surface area contributed by atoms with E-state index in [4.69, 9.17) is 14.5 Å². The Hall–Kier alpha value is -3.38. The van der Waals surface area contributed by atoms with Crippen molar-refractivity contribution in [3.05, 3.63) is 47.7 Å². The van der Waals surface area contributed by atoms with E-state index in [1.807, 2.05) is 51.1 Å². The number of epoxide rings is 1. The van der Waals surface area contributed by atoms with Crippen molar-refractivity contribution in [3.63, 3.8) is 0 Å². The van der Waals surface area contributed by atoms with Crippen LogP contribution in [0.5, 0.6) is 0 Å². The molecule has 0 radical (unpaired) electrons. The molecule has 238 valence electrons. The Morgan fingerprint density at radius 2 is 1.82 bits per heavy atom. The molecule has 4 N–H and O–H groups in total. The Morgan fingerprint density at radius 3 is 2.52 bits per heavy atom. The monoisotopic (exact) mass is 607 g/mol. The number of hydrogen-bond donors (Lipinski definition) is 4. The summed E-state index contributed by atoms with van der Waals surface area (Å²) in [5.74, 6) is -1.56. The zero-order chi connectivity index (χ0) is 32.0. The second kappa shape index (κ2) is 12.2. The van der Waals surface area contributed by atoms with Crippen molar-refractivity contribution < 1.29 is 29.0 Å². The Balaban J connectivity index is 1.51. The quantitative estimate of drug-likeness (QED) is 0.382. The van der Waals surface area contributed by atoms with Crippen LogP contribution in [0.3, 0.4) is 0 Å². The van der Waals surface area contributed by atoms with Crippen molar-refractivity contribution >= 4 is 34.7 Å². The van der Waals surface area contributed by atoms with E-state index in [1.54, 1.807) is 39.8 Å². The standard InChI is InChI=1S/C33H45N5O6/c1-18(2)26-28(39)34-19(3)29(40)38-16-8-9-24(37-38)27-30(44-27)43-20(4)23-13-12-22-11-10-21(17-25(22)35-23)14-15-33(7,31(41)36-26)32(5,6)42/h10-15,17-20,24,26-27,30,37,42H,8-9,16H2,1-7H3,(H,34,39)(H,36,41)/b15-14+/t19-,20+,24-,26-,27?,30?,33?/m0/s1. The van der Waals surface area contributed by atoms with Gasteiger partial charge in [0.15, 0.2) is 6.29 Å². The fourth-order valence-corrected chi connectivity index (χ4v) is 5.71. The Kier molecular flexibility index (Phi) is 8.87. The molecule has 3 unspecified atom stereocenters. The SMILES string of the molecule is CC(C)[C@@H]1NC(=O)C(C)(C(C)(C)O)/C=C/c2ccc3ccc(nc3c2)[C@@H](C)OC2OC2[C@@H]2CCCN(N2)C(=O)[C@H](C)NC1=O. The number of amides is 3. The molecule has 7 atom stereocenters. The number of ether oxygens (including phenoxy) is 2. The van der Waals surface area contributed by atoms with Gasteiger partial charge in [-0.3, -0.25) is 24.4 Å². The second-order valence-corrected chi connectivity index (χ2v) is 13.3. The van der Waals surface area contributed by atoms with E-state index in [2.05, 4.69) is 16.1 Å². The van der Waals surface area contributed by atoms with Crippen LogP contribution in [0.4, 0.5) is 0 Å². The van der Waals surface area contributed by atoms with Crippen LogP contribution >= 0.6 is 0 Å². The molecule has 2 fully saturated rings. The van der Waals surface area contributed by atoms with E-state index >= 15 is 0 Å². The maximum Gasteiger partial charge on any atom is 0.258 e. The van der Waals surface area contributed by atoms with Crippen molar-refractivity contribution in [2.75, 3.05) is 6.54 Å². The van der Waals surface area contributed by atoms with Gasteiger partial charge in [-0.1, -0.05) is 44.2 Å². The Bertz CT molecular complexity index is 1450. The van der Waals surface area contributed by atoms with Gasteiger partial charge in [0.25, 0.3) is 5.91 Å². The molecule has 11 nitrogen and oxygen atoms in total. The lowest BCUT2D eigenvalue weighted by atomic mass is 9.73. The molecule has 0 saturated carbocycles. The highest BCUT2D eigenvalue weighted by atomic mass is 16.8. The number of nitrogens with zero attached hydrogens (tertiary/aromatic N) is 2. The van der Waals surface area contributed by atoms with E-state index in [1.165, 1.54) is 5.01 Å². The molecule has 2 aromatic rings. The summed E-state index contributed by atoms with van der Waals surface area (Å²) in [6.45, 7) is 12.5. The molecule has 2 saturated heterocycles. The molecule has 3 aliphatic heterocycles. The summed E-state index contributed by atoms with van der Waals surface area (Å²) >= 11 is 0. The maximum absolute atomic E-state index is 13.8. The molecule has 4 heterocycles. The average molecular weight is 608 g/mol. The number of aromatic nitrogens is 1. The number of hydrogen-bond acceptors (Lipinski definition) is 8. The number of pyridine rings is 1. The van der Waals surface area contributed by atoms with Gasteiger partial charge in [0.1, 0.15) is 18.2 Å². The summed E-state index contributed by atoms with van der Waals surface area (Å²) < 4.78 is 12.1. The van der Waals surface area contributed by atoms with E-state index in [0.29, 0.717) is 6.54 Å². The first-order valence-electron chi connectivity index (χ1n) is 15.5. The van der Waals surface area contributed by atoms with Gasteiger partial charge < -0.3 is 25.2 Å². The lowest BCUT2D eigenvalue weighted by Crippen LogP contribution is -2.61. The number of rotatable bonds is 2. The van der Waals surface area contributed by atoms with Gasteiger partial charge in [0.05, 0.1) is 34.4 Å². The van der Waals surface area contributed by atoms with Crippen LogP contribution in [0.25, 0.3) is 17.0 Å². The second-order valence-electron chi connectivity index (χ2n) is 13.3. The summed E-state index contributed by atoms with van der Waals surface area (Å²) in [6.07, 6.45) is 4.07. The van der Waals surface area contributed by atoms with Crippen molar-refractivity contribution in [1.29, 1.82) is 0 Å². The number of carbonyl (C=O) groups is 3. The van der Waals surface area contributed by atoms with Crippen LogP contribution in [0, 0.1) is 11.3 Å². The first-order chi connectivity index (χ1) is 20.7. The highest BCUT2D eigenvalue weighted by Gasteiger charge is 2.49. The van der Waals surface area contributed by atoms with Crippen molar-refractivity contribution in [2.45, 2.75) is 104 Å². The van der Waals surface area contributed by atoms with Crippen molar-refractivity contribution in [1.82, 2.24) is 26.1 Å². The zero-order valence-electron chi connectivity index (χ0n) is 26.6. The number of nitrogens with one attached hydrogen (secondary N) is 3. The van der Waals surface area contributed by atoms with E-state index < -0.39 is 41.2 Å². The van der Waals surface area contributed by atoms with Gasteiger partial charge >= 0.3 is 0 Å². The zero-order valence-corrected chi connectivity index (χ0v) is 26.6. The van der Waals surface area contributed by atoms with E-state index in [0.717, 1.165) is 35.0 Å². The summed E-state index contributed by atoms with van der Waals surface area (Å²) in [6, 6.07) is 7.85. The molecule has 11 heteroatoms. The number of benzene rings is 1. The van der Waals surface area contributed by atoms with Gasteiger partial charge in [0.2, 0.25) is 11.8 Å². The number of hydrazine groups is 1. The minimum absolute atomic E-state index is 0.119. The largest absolute Gasteiger partial charge is 0.389 e. The predicted molar refractivity (Wildman–Crippen MR) is 166 cm³/mol. The van der Waals surface area contributed by atoms with Crippen molar-refractivity contribution in [3.8, 4) is 0 Å². The molecule has 3 aliphatic rings. The lowest BCUT2D eigenvalue weighted by Gasteiger charge is -2.38. The molecule has 0 aliphatic carbocycles. The van der Waals surface area contributed by atoms with Gasteiger partial charge in [0, 0.05) is 11.9 Å².